The van der Waals surface area contributed by atoms with Crippen LogP contribution >= 0.6 is 11.8 Å². The van der Waals surface area contributed by atoms with Crippen molar-refractivity contribution in [3.63, 3.8) is 0 Å². The Morgan fingerprint density at radius 2 is 1.89 bits per heavy atom. The summed E-state index contributed by atoms with van der Waals surface area (Å²) in [6, 6.07) is 8.74. The van der Waals surface area contributed by atoms with Crippen molar-refractivity contribution in [2.75, 3.05) is 5.75 Å². The molecule has 1 N–H and O–H groups in total. The molecule has 0 amide bonds. The van der Waals surface area contributed by atoms with Gasteiger partial charge in [0.1, 0.15) is 0 Å². The molecule has 0 bridgehead atoms. The Morgan fingerprint density at radius 3 is 2.33 bits per heavy atom. The maximum absolute atomic E-state index is 10.5. The van der Waals surface area contributed by atoms with Crippen LogP contribution in [-0.2, 0) is 11.8 Å². The summed E-state index contributed by atoms with van der Waals surface area (Å²) in [5, 5.41) is 11.1. The van der Waals surface area contributed by atoms with Gasteiger partial charge in [-0.2, -0.15) is 11.8 Å². The highest BCUT2D eigenvalue weighted by Gasteiger charge is 2.35. The van der Waals surface area contributed by atoms with E-state index in [0.29, 0.717) is 5.25 Å². The Bertz CT molecular complexity index is 404. The van der Waals surface area contributed by atoms with Crippen LogP contribution in [0.2, 0.25) is 0 Å². The van der Waals surface area contributed by atoms with Crippen molar-refractivity contribution < 1.29 is 5.11 Å². The van der Waals surface area contributed by atoms with Gasteiger partial charge in [-0.15, -0.1) is 0 Å². The molecule has 2 atom stereocenters. The van der Waals surface area contributed by atoms with Gasteiger partial charge in [-0.25, -0.2) is 0 Å². The van der Waals surface area contributed by atoms with Crippen LogP contribution in [-0.4, -0.2) is 21.7 Å². The second-order valence-electron chi connectivity index (χ2n) is 6.67. The zero-order valence-electron chi connectivity index (χ0n) is 11.9. The van der Waals surface area contributed by atoms with Crippen molar-refractivity contribution in [1.82, 2.24) is 0 Å². The Kier molecular flexibility index (Phi) is 3.80. The van der Waals surface area contributed by atoms with E-state index >= 15 is 0 Å². The van der Waals surface area contributed by atoms with E-state index in [4.69, 9.17) is 0 Å². The number of aliphatic hydroxyl groups is 1. The first-order valence-corrected chi connectivity index (χ1v) is 7.77. The lowest BCUT2D eigenvalue weighted by molar-refractivity contribution is 0.0642. The molecule has 2 unspecified atom stereocenters. The van der Waals surface area contributed by atoms with Crippen molar-refractivity contribution in [3.8, 4) is 0 Å². The van der Waals surface area contributed by atoms with Crippen LogP contribution in [0.3, 0.4) is 0 Å². The maximum atomic E-state index is 10.5. The van der Waals surface area contributed by atoms with Crippen molar-refractivity contribution in [1.29, 1.82) is 0 Å². The zero-order chi connectivity index (χ0) is 13.4. The summed E-state index contributed by atoms with van der Waals surface area (Å²) in [4.78, 5) is 0. The third-order valence-corrected chi connectivity index (χ3v) is 5.10. The third-order valence-electron chi connectivity index (χ3n) is 3.66. The molecule has 0 aliphatic carbocycles. The van der Waals surface area contributed by atoms with Crippen LogP contribution in [0.15, 0.2) is 24.3 Å². The number of rotatable bonds is 2. The van der Waals surface area contributed by atoms with E-state index < -0.39 is 5.60 Å². The molecule has 0 spiro atoms. The lowest BCUT2D eigenvalue weighted by Gasteiger charge is -2.23. The van der Waals surface area contributed by atoms with E-state index in [-0.39, 0.29) is 5.41 Å². The molecular formula is C16H24OS. The first-order valence-electron chi connectivity index (χ1n) is 6.72. The van der Waals surface area contributed by atoms with E-state index in [2.05, 4.69) is 52.0 Å². The van der Waals surface area contributed by atoms with Crippen LogP contribution in [0.4, 0.5) is 0 Å². The Balaban J connectivity index is 2.07. The van der Waals surface area contributed by atoms with Crippen molar-refractivity contribution in [2.45, 2.75) is 56.8 Å². The van der Waals surface area contributed by atoms with E-state index in [1.54, 1.807) is 0 Å². The second-order valence-corrected chi connectivity index (χ2v) is 8.10. The van der Waals surface area contributed by atoms with Crippen LogP contribution in [0.1, 0.15) is 45.2 Å². The van der Waals surface area contributed by atoms with Crippen LogP contribution in [0.5, 0.6) is 0 Å². The smallest absolute Gasteiger partial charge is 0.0788 e. The minimum atomic E-state index is -0.493. The topological polar surface area (TPSA) is 20.2 Å². The molecule has 1 aromatic rings. The summed E-state index contributed by atoms with van der Waals surface area (Å²) in [6.45, 7) is 8.88. The minimum Gasteiger partial charge on any atom is -0.389 e. The quantitative estimate of drug-likeness (QED) is 0.877. The summed E-state index contributed by atoms with van der Waals surface area (Å²) < 4.78 is 0. The Hall–Kier alpha value is -0.470. The fraction of sp³-hybridized carbons (Fsp3) is 0.625. The SMILES string of the molecule is CC1CC(O)(Cc2ccc(C(C)(C)C)cc2)CS1. The lowest BCUT2D eigenvalue weighted by atomic mass is 9.85. The van der Waals surface area contributed by atoms with Gasteiger partial charge < -0.3 is 5.11 Å². The predicted molar refractivity (Wildman–Crippen MR) is 80.3 cm³/mol. The highest BCUT2D eigenvalue weighted by Crippen LogP contribution is 2.36. The summed E-state index contributed by atoms with van der Waals surface area (Å²) in [5.74, 6) is 0.870. The number of thioether (sulfide) groups is 1. The Morgan fingerprint density at radius 1 is 1.28 bits per heavy atom. The molecule has 100 valence electrons. The highest BCUT2D eigenvalue weighted by atomic mass is 32.2. The first-order chi connectivity index (χ1) is 8.28. The number of hydrogen-bond acceptors (Lipinski definition) is 2. The summed E-state index contributed by atoms with van der Waals surface area (Å²) >= 11 is 1.88. The number of hydrogen-bond donors (Lipinski definition) is 1. The van der Waals surface area contributed by atoms with Crippen LogP contribution in [0, 0.1) is 0 Å². The van der Waals surface area contributed by atoms with E-state index in [9.17, 15) is 5.11 Å². The first kappa shape index (κ1) is 14.0. The molecule has 1 fully saturated rings. The Labute approximate surface area is 115 Å². The fourth-order valence-corrected chi connectivity index (χ4v) is 3.82. The van der Waals surface area contributed by atoms with E-state index in [1.165, 1.54) is 11.1 Å². The van der Waals surface area contributed by atoms with E-state index in [1.807, 2.05) is 11.8 Å². The average molecular weight is 264 g/mol. The molecular weight excluding hydrogens is 240 g/mol. The van der Waals surface area contributed by atoms with Crippen molar-refractivity contribution in [3.05, 3.63) is 35.4 Å². The molecule has 2 heteroatoms. The van der Waals surface area contributed by atoms with Gasteiger partial charge in [0.15, 0.2) is 0 Å². The number of benzene rings is 1. The standard InChI is InChI=1S/C16H24OS/c1-12-9-16(17,11-18-12)10-13-5-7-14(8-6-13)15(2,3)4/h5-8,12,17H,9-11H2,1-4H3. The molecule has 1 aliphatic heterocycles. The highest BCUT2D eigenvalue weighted by molar-refractivity contribution is 8.00. The average Bonchev–Trinajstić information content (AvgIpc) is 2.58. The summed E-state index contributed by atoms with van der Waals surface area (Å²) in [7, 11) is 0. The lowest BCUT2D eigenvalue weighted by Crippen LogP contribution is -2.31. The van der Waals surface area contributed by atoms with Crippen LogP contribution in [0.25, 0.3) is 0 Å². The minimum absolute atomic E-state index is 0.202. The van der Waals surface area contributed by atoms with Crippen molar-refractivity contribution >= 4 is 11.8 Å². The van der Waals surface area contributed by atoms with Crippen molar-refractivity contribution in [2.24, 2.45) is 0 Å². The summed E-state index contributed by atoms with van der Waals surface area (Å²) in [6.07, 6.45) is 1.70. The molecule has 18 heavy (non-hydrogen) atoms. The fourth-order valence-electron chi connectivity index (χ4n) is 2.58. The predicted octanol–water partition coefficient (Wildman–Crippen LogP) is 3.78. The van der Waals surface area contributed by atoms with Gasteiger partial charge in [-0.3, -0.25) is 0 Å². The molecule has 1 nitrogen and oxygen atoms in total. The van der Waals surface area contributed by atoms with Gasteiger partial charge >= 0.3 is 0 Å². The zero-order valence-corrected chi connectivity index (χ0v) is 12.7. The van der Waals surface area contributed by atoms with Gasteiger partial charge in [-0.1, -0.05) is 52.0 Å². The monoisotopic (exact) mass is 264 g/mol. The molecule has 1 heterocycles. The molecule has 0 saturated carbocycles. The molecule has 2 rings (SSSR count). The second kappa shape index (κ2) is 4.90. The third kappa shape index (κ3) is 3.30. The van der Waals surface area contributed by atoms with E-state index in [0.717, 1.165) is 18.6 Å². The molecule has 1 aliphatic rings. The van der Waals surface area contributed by atoms with Gasteiger partial charge in [-0.05, 0) is 23.0 Å². The van der Waals surface area contributed by atoms with Gasteiger partial charge in [0.05, 0.1) is 5.60 Å². The van der Waals surface area contributed by atoms with Gasteiger partial charge in [0.25, 0.3) is 0 Å². The molecule has 1 aromatic carbocycles. The molecule has 0 aromatic heterocycles. The summed E-state index contributed by atoms with van der Waals surface area (Å²) in [5.41, 5.74) is 2.31. The molecule has 1 saturated heterocycles. The largest absolute Gasteiger partial charge is 0.389 e. The van der Waals surface area contributed by atoms with Gasteiger partial charge in [0.2, 0.25) is 0 Å². The molecule has 0 radical (unpaired) electrons. The normalized spacial score (nSPS) is 28.6. The van der Waals surface area contributed by atoms with Crippen LogP contribution < -0.4 is 0 Å². The van der Waals surface area contributed by atoms with Gasteiger partial charge in [0, 0.05) is 17.4 Å². The maximum Gasteiger partial charge on any atom is 0.0788 e.